The number of alkyl carbamates (subject to hydrolysis) is 1. The first kappa shape index (κ1) is 18.2. The molecule has 1 aliphatic rings. The van der Waals surface area contributed by atoms with Gasteiger partial charge >= 0.3 is 6.09 Å². The van der Waals surface area contributed by atoms with Gasteiger partial charge in [-0.1, -0.05) is 66.2 Å². The van der Waals surface area contributed by atoms with Gasteiger partial charge in [0.05, 0.1) is 5.69 Å². The van der Waals surface area contributed by atoms with Gasteiger partial charge in [0.1, 0.15) is 6.61 Å². The first-order chi connectivity index (χ1) is 13.7. The lowest BCUT2D eigenvalue weighted by Gasteiger charge is -2.14. The second kappa shape index (κ2) is 8.23. The Morgan fingerprint density at radius 1 is 1.00 bits per heavy atom. The lowest BCUT2D eigenvalue weighted by molar-refractivity contribution is 0.144. The zero-order chi connectivity index (χ0) is 19.3. The van der Waals surface area contributed by atoms with Crippen molar-refractivity contribution < 1.29 is 9.53 Å². The number of halogens is 1. The number of nitrogens with zero attached hydrogens (tertiary/aromatic N) is 2. The van der Waals surface area contributed by atoms with Gasteiger partial charge in [0, 0.05) is 12.5 Å². The van der Waals surface area contributed by atoms with Crippen LogP contribution >= 0.6 is 11.6 Å². The normalized spacial score (nSPS) is 12.6. The summed E-state index contributed by atoms with van der Waals surface area (Å²) in [6, 6.07) is 19.9. The summed E-state index contributed by atoms with van der Waals surface area (Å²) in [5.41, 5.74) is 5.47. The summed E-state index contributed by atoms with van der Waals surface area (Å²) in [5, 5.41) is 10.7. The first-order valence-electron chi connectivity index (χ1n) is 8.97. The topological polar surface area (TPSA) is 64.1 Å². The lowest BCUT2D eigenvalue weighted by Crippen LogP contribution is -2.26. The Morgan fingerprint density at radius 3 is 2.32 bits per heavy atom. The standard InChI is InChI=1S/C22H18ClN3O2/c23-21-12-11-15(25-26-21)6-5-13-24-22(27)28-14-20-18-9-3-1-7-16(18)17-8-2-4-10-19(17)20/h1-12,20H,13-14H2,(H,24,27). The highest BCUT2D eigenvalue weighted by molar-refractivity contribution is 6.29. The third-order valence-electron chi connectivity index (χ3n) is 4.65. The molecule has 0 spiro atoms. The predicted octanol–water partition coefficient (Wildman–Crippen LogP) is 4.68. The maximum absolute atomic E-state index is 12.1. The minimum Gasteiger partial charge on any atom is -0.449 e. The molecule has 1 aliphatic carbocycles. The van der Waals surface area contributed by atoms with Crippen molar-refractivity contribution in [2.75, 3.05) is 13.2 Å². The maximum Gasteiger partial charge on any atom is 0.407 e. The quantitative estimate of drug-likeness (QED) is 0.685. The zero-order valence-corrected chi connectivity index (χ0v) is 15.8. The Bertz CT molecular complexity index is 973. The molecule has 0 bridgehead atoms. The van der Waals surface area contributed by atoms with Crippen LogP contribution in [0.5, 0.6) is 0 Å². The fraction of sp³-hybridized carbons (Fsp3) is 0.136. The molecule has 5 nitrogen and oxygen atoms in total. The zero-order valence-electron chi connectivity index (χ0n) is 15.0. The van der Waals surface area contributed by atoms with Crippen molar-refractivity contribution in [3.63, 3.8) is 0 Å². The smallest absolute Gasteiger partial charge is 0.407 e. The second-order valence-corrected chi connectivity index (χ2v) is 6.78. The lowest BCUT2D eigenvalue weighted by atomic mass is 9.98. The number of fused-ring (bicyclic) bond motifs is 3. The average molecular weight is 392 g/mol. The molecular formula is C22H18ClN3O2. The summed E-state index contributed by atoms with van der Waals surface area (Å²) in [6.07, 6.45) is 3.08. The van der Waals surface area contributed by atoms with Crippen molar-refractivity contribution in [1.29, 1.82) is 0 Å². The number of carbonyl (C=O) groups excluding carboxylic acids is 1. The van der Waals surface area contributed by atoms with Gasteiger partial charge in [0.2, 0.25) is 0 Å². The molecule has 4 rings (SSSR count). The Balaban J connectivity index is 1.33. The van der Waals surface area contributed by atoms with Crippen molar-refractivity contribution in [2.45, 2.75) is 5.92 Å². The highest BCUT2D eigenvalue weighted by Gasteiger charge is 2.28. The molecule has 0 unspecified atom stereocenters. The van der Waals surface area contributed by atoms with Gasteiger partial charge in [-0.25, -0.2) is 4.79 Å². The molecule has 6 heteroatoms. The van der Waals surface area contributed by atoms with Gasteiger partial charge in [0.25, 0.3) is 0 Å². The van der Waals surface area contributed by atoms with Crippen LogP contribution in [0, 0.1) is 0 Å². The van der Waals surface area contributed by atoms with E-state index in [4.69, 9.17) is 16.3 Å². The molecule has 1 amide bonds. The van der Waals surface area contributed by atoms with E-state index in [-0.39, 0.29) is 5.92 Å². The van der Waals surface area contributed by atoms with Crippen molar-refractivity contribution in [3.8, 4) is 11.1 Å². The van der Waals surface area contributed by atoms with Gasteiger partial charge in [-0.2, -0.15) is 0 Å². The van der Waals surface area contributed by atoms with E-state index >= 15 is 0 Å². The summed E-state index contributed by atoms with van der Waals surface area (Å²) in [4.78, 5) is 12.1. The molecule has 1 aromatic heterocycles. The fourth-order valence-electron chi connectivity index (χ4n) is 3.39. The Hall–Kier alpha value is -3.18. The van der Waals surface area contributed by atoms with Crippen LogP contribution in [0.1, 0.15) is 22.7 Å². The second-order valence-electron chi connectivity index (χ2n) is 6.39. The van der Waals surface area contributed by atoms with E-state index in [1.54, 1.807) is 24.3 Å². The molecule has 3 aromatic rings. The van der Waals surface area contributed by atoms with Crippen LogP contribution in [0.25, 0.3) is 17.2 Å². The van der Waals surface area contributed by atoms with Gasteiger partial charge < -0.3 is 10.1 Å². The van der Waals surface area contributed by atoms with Gasteiger partial charge in [-0.15, -0.1) is 10.2 Å². The number of hydrogen-bond acceptors (Lipinski definition) is 4. The fourth-order valence-corrected chi connectivity index (χ4v) is 3.49. The minimum atomic E-state index is -0.450. The van der Waals surface area contributed by atoms with E-state index < -0.39 is 6.09 Å². The van der Waals surface area contributed by atoms with Crippen LogP contribution in [0.2, 0.25) is 5.15 Å². The van der Waals surface area contributed by atoms with Crippen molar-refractivity contribution in [2.24, 2.45) is 0 Å². The summed E-state index contributed by atoms with van der Waals surface area (Å²) < 4.78 is 5.48. The number of nitrogens with one attached hydrogen (secondary N) is 1. The van der Waals surface area contributed by atoms with E-state index in [0.717, 1.165) is 0 Å². The maximum atomic E-state index is 12.1. The van der Waals surface area contributed by atoms with Crippen LogP contribution in [0.15, 0.2) is 66.7 Å². The predicted molar refractivity (Wildman–Crippen MR) is 109 cm³/mol. The molecule has 2 aromatic carbocycles. The highest BCUT2D eigenvalue weighted by atomic mass is 35.5. The van der Waals surface area contributed by atoms with E-state index in [9.17, 15) is 4.79 Å². The molecule has 0 radical (unpaired) electrons. The third kappa shape index (κ3) is 3.89. The van der Waals surface area contributed by atoms with E-state index in [0.29, 0.717) is 24.0 Å². The van der Waals surface area contributed by atoms with Gasteiger partial charge in [-0.3, -0.25) is 0 Å². The average Bonchev–Trinajstić information content (AvgIpc) is 3.05. The number of carbonyl (C=O) groups is 1. The molecule has 1 heterocycles. The Kier molecular flexibility index (Phi) is 5.35. The number of rotatable bonds is 5. The molecule has 28 heavy (non-hydrogen) atoms. The third-order valence-corrected chi connectivity index (χ3v) is 4.85. The Morgan fingerprint density at radius 2 is 1.68 bits per heavy atom. The van der Waals surface area contributed by atoms with E-state index in [2.05, 4.69) is 39.8 Å². The number of amides is 1. The number of hydrogen-bond donors (Lipinski definition) is 1. The van der Waals surface area contributed by atoms with Crippen molar-refractivity contribution >= 4 is 23.8 Å². The van der Waals surface area contributed by atoms with Gasteiger partial charge in [-0.05, 0) is 40.5 Å². The van der Waals surface area contributed by atoms with Crippen molar-refractivity contribution in [3.05, 3.63) is 88.7 Å². The SMILES string of the molecule is O=C(NCC=Cc1ccc(Cl)nn1)OCC1c2ccccc2-c2ccccc21. The largest absolute Gasteiger partial charge is 0.449 e. The van der Waals surface area contributed by atoms with Crippen LogP contribution in [0.4, 0.5) is 4.79 Å². The summed E-state index contributed by atoms with van der Waals surface area (Å²) in [5.74, 6) is 0.0537. The molecule has 1 N–H and O–H groups in total. The van der Waals surface area contributed by atoms with E-state index in [1.165, 1.54) is 22.3 Å². The first-order valence-corrected chi connectivity index (χ1v) is 9.35. The molecule has 0 fully saturated rings. The summed E-state index contributed by atoms with van der Waals surface area (Å²) >= 11 is 5.70. The van der Waals surface area contributed by atoms with Crippen molar-refractivity contribution in [1.82, 2.24) is 15.5 Å². The number of aromatic nitrogens is 2. The van der Waals surface area contributed by atoms with Crippen LogP contribution in [-0.4, -0.2) is 29.4 Å². The number of benzene rings is 2. The monoisotopic (exact) mass is 391 g/mol. The highest BCUT2D eigenvalue weighted by Crippen LogP contribution is 2.44. The molecule has 0 saturated heterocycles. The summed E-state index contributed by atoms with van der Waals surface area (Å²) in [6.45, 7) is 0.632. The van der Waals surface area contributed by atoms with Crippen LogP contribution in [0.3, 0.4) is 0 Å². The molecule has 140 valence electrons. The molecule has 0 atom stereocenters. The minimum absolute atomic E-state index is 0.0537. The van der Waals surface area contributed by atoms with Crippen LogP contribution < -0.4 is 5.32 Å². The Labute approximate surface area is 168 Å². The molecular weight excluding hydrogens is 374 g/mol. The molecule has 0 aliphatic heterocycles. The molecule has 0 saturated carbocycles. The van der Waals surface area contributed by atoms with E-state index in [1.807, 2.05) is 24.3 Å². The number of ether oxygens (including phenoxy) is 1. The van der Waals surface area contributed by atoms with Crippen LogP contribution in [-0.2, 0) is 4.74 Å². The summed E-state index contributed by atoms with van der Waals surface area (Å²) in [7, 11) is 0. The van der Waals surface area contributed by atoms with Gasteiger partial charge in [0.15, 0.2) is 5.15 Å².